The van der Waals surface area contributed by atoms with E-state index in [1.54, 1.807) is 42.5 Å². The number of carbonyl (C=O) groups is 1. The molecule has 1 aromatic heterocycles. The highest BCUT2D eigenvalue weighted by molar-refractivity contribution is 7.10. The van der Waals surface area contributed by atoms with Gasteiger partial charge in [0.2, 0.25) is 0 Å². The van der Waals surface area contributed by atoms with E-state index in [0.717, 1.165) is 4.88 Å². The number of rotatable bonds is 3. The van der Waals surface area contributed by atoms with Gasteiger partial charge in [-0.15, -0.1) is 11.3 Å². The fourth-order valence-corrected chi connectivity index (χ4v) is 2.23. The number of hydrogen-bond donors (Lipinski definition) is 1. The largest absolute Gasteiger partial charge is 0.322 e. The number of carbonyl (C=O) groups excluding carboxylic acids is 1. The summed E-state index contributed by atoms with van der Waals surface area (Å²) in [4.78, 5) is 13.0. The quantitative estimate of drug-likeness (QED) is 0.864. The standard InChI is InChI=1S/C15H12N2OS/c1-11(9-14-3-2-8-19-14)15(18)17-13-6-4-12(10-16)5-7-13/h2-9H,1H3,(H,17,18)/b11-9+. The van der Waals surface area contributed by atoms with Crippen LogP contribution in [0.5, 0.6) is 0 Å². The molecule has 0 aliphatic rings. The van der Waals surface area contributed by atoms with Gasteiger partial charge in [-0.25, -0.2) is 0 Å². The molecule has 4 heteroatoms. The number of thiophene rings is 1. The third-order valence-electron chi connectivity index (χ3n) is 2.53. The van der Waals surface area contributed by atoms with E-state index in [9.17, 15) is 4.79 Å². The van der Waals surface area contributed by atoms with Crippen molar-refractivity contribution in [3.63, 3.8) is 0 Å². The van der Waals surface area contributed by atoms with Gasteiger partial charge in [0.15, 0.2) is 0 Å². The highest BCUT2D eigenvalue weighted by Crippen LogP contribution is 2.15. The van der Waals surface area contributed by atoms with Crippen molar-refractivity contribution in [3.05, 3.63) is 57.8 Å². The molecule has 19 heavy (non-hydrogen) atoms. The van der Waals surface area contributed by atoms with Crippen LogP contribution in [-0.2, 0) is 4.79 Å². The average molecular weight is 268 g/mol. The first-order valence-corrected chi connectivity index (χ1v) is 6.60. The third kappa shape index (κ3) is 3.54. The second-order valence-corrected chi connectivity index (χ2v) is 4.97. The zero-order valence-electron chi connectivity index (χ0n) is 10.4. The predicted octanol–water partition coefficient (Wildman–Crippen LogP) is 3.66. The molecule has 0 atom stereocenters. The minimum absolute atomic E-state index is 0.141. The Kier molecular flexibility index (Phi) is 4.11. The van der Waals surface area contributed by atoms with Crippen LogP contribution in [0, 0.1) is 11.3 Å². The van der Waals surface area contributed by atoms with Gasteiger partial charge in [0.25, 0.3) is 5.91 Å². The molecule has 0 aliphatic heterocycles. The Bertz CT molecular complexity index is 634. The lowest BCUT2D eigenvalue weighted by Crippen LogP contribution is -2.12. The lowest BCUT2D eigenvalue weighted by Gasteiger charge is -2.05. The number of amides is 1. The minimum atomic E-state index is -0.141. The molecule has 0 radical (unpaired) electrons. The molecule has 2 aromatic rings. The zero-order valence-corrected chi connectivity index (χ0v) is 11.2. The van der Waals surface area contributed by atoms with Crippen LogP contribution in [0.4, 0.5) is 5.69 Å². The van der Waals surface area contributed by atoms with Crippen molar-refractivity contribution >= 4 is 29.0 Å². The number of nitriles is 1. The predicted molar refractivity (Wildman–Crippen MR) is 77.8 cm³/mol. The monoisotopic (exact) mass is 268 g/mol. The number of anilines is 1. The molecular formula is C15H12N2OS. The van der Waals surface area contributed by atoms with Gasteiger partial charge in [0.1, 0.15) is 0 Å². The van der Waals surface area contributed by atoms with Gasteiger partial charge in [0, 0.05) is 16.1 Å². The maximum atomic E-state index is 12.0. The highest BCUT2D eigenvalue weighted by atomic mass is 32.1. The average Bonchev–Trinajstić information content (AvgIpc) is 2.92. The van der Waals surface area contributed by atoms with E-state index in [1.807, 2.05) is 29.7 Å². The number of nitrogens with zero attached hydrogens (tertiary/aromatic N) is 1. The number of benzene rings is 1. The molecule has 1 heterocycles. The SMILES string of the molecule is C/C(=C\c1cccs1)C(=O)Nc1ccc(C#N)cc1. The van der Waals surface area contributed by atoms with E-state index in [0.29, 0.717) is 16.8 Å². The summed E-state index contributed by atoms with van der Waals surface area (Å²) in [6.45, 7) is 1.78. The maximum Gasteiger partial charge on any atom is 0.251 e. The fourth-order valence-electron chi connectivity index (χ4n) is 1.51. The van der Waals surface area contributed by atoms with Crippen molar-refractivity contribution in [2.75, 3.05) is 5.32 Å². The van der Waals surface area contributed by atoms with Crippen LogP contribution in [0.3, 0.4) is 0 Å². The lowest BCUT2D eigenvalue weighted by atomic mass is 10.2. The van der Waals surface area contributed by atoms with Crippen LogP contribution < -0.4 is 5.32 Å². The Morgan fingerprint density at radius 3 is 2.63 bits per heavy atom. The van der Waals surface area contributed by atoms with Crippen molar-refractivity contribution in [1.82, 2.24) is 0 Å². The first-order chi connectivity index (χ1) is 9.19. The van der Waals surface area contributed by atoms with Crippen LogP contribution in [0.2, 0.25) is 0 Å². The van der Waals surface area contributed by atoms with Crippen molar-refractivity contribution in [2.45, 2.75) is 6.92 Å². The molecular weight excluding hydrogens is 256 g/mol. The van der Waals surface area contributed by atoms with E-state index >= 15 is 0 Å². The van der Waals surface area contributed by atoms with E-state index < -0.39 is 0 Å². The van der Waals surface area contributed by atoms with Crippen LogP contribution >= 0.6 is 11.3 Å². The summed E-state index contributed by atoms with van der Waals surface area (Å²) >= 11 is 1.59. The van der Waals surface area contributed by atoms with Gasteiger partial charge < -0.3 is 5.32 Å². The third-order valence-corrected chi connectivity index (χ3v) is 3.35. The molecule has 1 N–H and O–H groups in total. The van der Waals surface area contributed by atoms with Crippen molar-refractivity contribution in [1.29, 1.82) is 5.26 Å². The summed E-state index contributed by atoms with van der Waals surface area (Å²) in [6.07, 6.45) is 1.85. The number of nitrogens with one attached hydrogen (secondary N) is 1. The summed E-state index contributed by atoms with van der Waals surface area (Å²) in [5.41, 5.74) is 1.90. The van der Waals surface area contributed by atoms with Crippen molar-refractivity contribution in [2.24, 2.45) is 0 Å². The summed E-state index contributed by atoms with van der Waals surface area (Å²) in [6, 6.07) is 12.7. The van der Waals surface area contributed by atoms with Gasteiger partial charge in [0.05, 0.1) is 11.6 Å². The zero-order chi connectivity index (χ0) is 13.7. The minimum Gasteiger partial charge on any atom is -0.322 e. The Balaban J connectivity index is 2.06. The molecule has 3 nitrogen and oxygen atoms in total. The van der Waals surface area contributed by atoms with Gasteiger partial charge in [-0.3, -0.25) is 4.79 Å². The molecule has 0 fully saturated rings. The molecule has 1 aromatic carbocycles. The Labute approximate surface area is 115 Å². The fraction of sp³-hybridized carbons (Fsp3) is 0.0667. The first kappa shape index (κ1) is 13.1. The molecule has 0 spiro atoms. The molecule has 1 amide bonds. The molecule has 0 aliphatic carbocycles. The van der Waals surface area contributed by atoms with Gasteiger partial charge in [-0.05, 0) is 48.7 Å². The maximum absolute atomic E-state index is 12.0. The summed E-state index contributed by atoms with van der Waals surface area (Å²) in [5, 5.41) is 13.5. The van der Waals surface area contributed by atoms with E-state index in [2.05, 4.69) is 5.32 Å². The second kappa shape index (κ2) is 5.98. The second-order valence-electron chi connectivity index (χ2n) is 3.99. The van der Waals surface area contributed by atoms with Crippen molar-refractivity contribution in [3.8, 4) is 6.07 Å². The Morgan fingerprint density at radius 1 is 1.32 bits per heavy atom. The highest BCUT2D eigenvalue weighted by Gasteiger charge is 2.05. The van der Waals surface area contributed by atoms with Crippen LogP contribution in [0.1, 0.15) is 17.4 Å². The number of hydrogen-bond acceptors (Lipinski definition) is 3. The van der Waals surface area contributed by atoms with Crippen LogP contribution in [0.15, 0.2) is 47.4 Å². The summed E-state index contributed by atoms with van der Waals surface area (Å²) in [5.74, 6) is -0.141. The summed E-state index contributed by atoms with van der Waals surface area (Å²) < 4.78 is 0. The van der Waals surface area contributed by atoms with E-state index in [1.165, 1.54) is 0 Å². The Morgan fingerprint density at radius 2 is 2.05 bits per heavy atom. The molecule has 0 bridgehead atoms. The van der Waals surface area contributed by atoms with Gasteiger partial charge in [-0.1, -0.05) is 6.07 Å². The normalized spacial score (nSPS) is 10.8. The molecule has 94 valence electrons. The van der Waals surface area contributed by atoms with Crippen LogP contribution in [-0.4, -0.2) is 5.91 Å². The topological polar surface area (TPSA) is 52.9 Å². The lowest BCUT2D eigenvalue weighted by molar-refractivity contribution is -0.112. The van der Waals surface area contributed by atoms with E-state index in [-0.39, 0.29) is 5.91 Å². The Hall–Kier alpha value is -2.38. The first-order valence-electron chi connectivity index (χ1n) is 5.72. The molecule has 0 saturated carbocycles. The van der Waals surface area contributed by atoms with Gasteiger partial charge in [-0.2, -0.15) is 5.26 Å². The molecule has 0 saturated heterocycles. The van der Waals surface area contributed by atoms with Gasteiger partial charge >= 0.3 is 0 Å². The van der Waals surface area contributed by atoms with Crippen molar-refractivity contribution < 1.29 is 4.79 Å². The summed E-state index contributed by atoms with van der Waals surface area (Å²) in [7, 11) is 0. The molecule has 2 rings (SSSR count). The smallest absolute Gasteiger partial charge is 0.251 e. The van der Waals surface area contributed by atoms with Crippen LogP contribution in [0.25, 0.3) is 6.08 Å². The molecule has 0 unspecified atom stereocenters. The van der Waals surface area contributed by atoms with E-state index in [4.69, 9.17) is 5.26 Å².